The fourth-order valence-electron chi connectivity index (χ4n) is 5.04. The first-order valence-corrected chi connectivity index (χ1v) is 14.3. The van der Waals surface area contributed by atoms with Gasteiger partial charge in [-0.05, 0) is 66.3 Å². The molecule has 0 bridgehead atoms. The Bertz CT molecular complexity index is 1390. The minimum atomic E-state index is -0.288. The van der Waals surface area contributed by atoms with E-state index >= 15 is 0 Å². The number of rotatable bonds is 6. The third-order valence-electron chi connectivity index (χ3n) is 7.25. The zero-order valence-corrected chi connectivity index (χ0v) is 23.5. The number of benzene rings is 2. The molecule has 3 aromatic rings. The molecule has 2 aliphatic rings. The number of piperidine rings is 1. The summed E-state index contributed by atoms with van der Waals surface area (Å²) in [6, 6.07) is 13.7. The van der Waals surface area contributed by atoms with Crippen molar-refractivity contribution in [2.24, 2.45) is 5.92 Å². The number of hydrogen-bond acceptors (Lipinski definition) is 4. The van der Waals surface area contributed by atoms with E-state index in [4.69, 9.17) is 0 Å². The SMILES string of the molecule is CCc1cccc2c(/C=C3\SC(=O)N(Cc4ccc(Br)cc4)C3=O)cn(CC(=O)N3CCC(C)CC3)c12. The van der Waals surface area contributed by atoms with Gasteiger partial charge in [-0.15, -0.1) is 0 Å². The van der Waals surface area contributed by atoms with Gasteiger partial charge in [0.05, 0.1) is 17.0 Å². The molecule has 0 saturated carbocycles. The summed E-state index contributed by atoms with van der Waals surface area (Å²) in [7, 11) is 0. The van der Waals surface area contributed by atoms with E-state index < -0.39 is 0 Å². The number of halogens is 1. The van der Waals surface area contributed by atoms with Crippen LogP contribution in [0.1, 0.15) is 43.4 Å². The van der Waals surface area contributed by atoms with E-state index in [9.17, 15) is 14.4 Å². The van der Waals surface area contributed by atoms with Gasteiger partial charge >= 0.3 is 0 Å². The van der Waals surface area contributed by atoms with E-state index in [0.29, 0.717) is 10.8 Å². The van der Waals surface area contributed by atoms with Gasteiger partial charge in [0.2, 0.25) is 5.91 Å². The smallest absolute Gasteiger partial charge is 0.293 e. The van der Waals surface area contributed by atoms with Gasteiger partial charge in [-0.1, -0.05) is 60.1 Å². The molecule has 0 N–H and O–H groups in total. The Kier molecular flexibility index (Phi) is 7.58. The fraction of sp³-hybridized carbons (Fsp3) is 0.345. The highest BCUT2D eigenvalue weighted by Gasteiger charge is 2.35. The van der Waals surface area contributed by atoms with Crippen molar-refractivity contribution in [3.8, 4) is 0 Å². The van der Waals surface area contributed by atoms with Crippen LogP contribution < -0.4 is 0 Å². The van der Waals surface area contributed by atoms with Crippen LogP contribution in [0.5, 0.6) is 0 Å². The van der Waals surface area contributed by atoms with E-state index in [1.54, 1.807) is 6.08 Å². The maximum absolute atomic E-state index is 13.2. The number of likely N-dealkylation sites (tertiary alicyclic amines) is 1. The second-order valence-corrected chi connectivity index (χ2v) is 11.7. The number of para-hydroxylation sites is 1. The third-order valence-corrected chi connectivity index (χ3v) is 8.69. The first-order chi connectivity index (χ1) is 17.8. The third kappa shape index (κ3) is 5.41. The Morgan fingerprint density at radius 1 is 1.11 bits per heavy atom. The van der Waals surface area contributed by atoms with Crippen LogP contribution in [0.3, 0.4) is 0 Å². The van der Waals surface area contributed by atoms with Crippen LogP contribution in [0.25, 0.3) is 17.0 Å². The monoisotopic (exact) mass is 579 g/mol. The molecule has 37 heavy (non-hydrogen) atoms. The van der Waals surface area contributed by atoms with E-state index in [-0.39, 0.29) is 30.1 Å². The summed E-state index contributed by atoms with van der Waals surface area (Å²) in [5.41, 5.74) is 3.91. The van der Waals surface area contributed by atoms with Gasteiger partial charge in [-0.2, -0.15) is 0 Å². The normalized spacial score (nSPS) is 18.0. The van der Waals surface area contributed by atoms with Crippen LogP contribution in [0.2, 0.25) is 0 Å². The van der Waals surface area contributed by atoms with Crippen LogP contribution in [0, 0.1) is 5.92 Å². The highest BCUT2D eigenvalue weighted by atomic mass is 79.9. The molecular formula is C29H30BrN3O3S. The first kappa shape index (κ1) is 25.8. The zero-order valence-electron chi connectivity index (χ0n) is 21.1. The molecule has 2 saturated heterocycles. The molecule has 5 rings (SSSR count). The maximum atomic E-state index is 13.2. The number of fused-ring (bicyclic) bond motifs is 1. The van der Waals surface area contributed by atoms with Crippen molar-refractivity contribution in [1.82, 2.24) is 14.4 Å². The fourth-order valence-corrected chi connectivity index (χ4v) is 6.14. The molecule has 1 aromatic heterocycles. The first-order valence-electron chi connectivity index (χ1n) is 12.7. The summed E-state index contributed by atoms with van der Waals surface area (Å²) >= 11 is 4.38. The van der Waals surface area contributed by atoms with Crippen LogP contribution in [0.4, 0.5) is 4.79 Å². The van der Waals surface area contributed by atoms with Crippen molar-refractivity contribution >= 4 is 61.7 Å². The maximum Gasteiger partial charge on any atom is 0.293 e. The molecule has 0 atom stereocenters. The van der Waals surface area contributed by atoms with E-state index in [1.807, 2.05) is 52.1 Å². The second kappa shape index (κ2) is 10.9. The molecule has 0 radical (unpaired) electrons. The van der Waals surface area contributed by atoms with E-state index in [1.165, 1.54) is 4.90 Å². The van der Waals surface area contributed by atoms with Crippen LogP contribution in [0.15, 0.2) is 58.0 Å². The predicted octanol–water partition coefficient (Wildman–Crippen LogP) is 6.46. The summed E-state index contributed by atoms with van der Waals surface area (Å²) in [5.74, 6) is 0.494. The van der Waals surface area contributed by atoms with Crippen molar-refractivity contribution in [3.05, 3.63) is 74.7 Å². The number of aromatic nitrogens is 1. The average Bonchev–Trinajstić information content (AvgIpc) is 3.37. The summed E-state index contributed by atoms with van der Waals surface area (Å²) < 4.78 is 2.97. The molecule has 3 amide bonds. The molecule has 0 spiro atoms. The van der Waals surface area contributed by atoms with Gasteiger partial charge in [-0.25, -0.2) is 0 Å². The predicted molar refractivity (Wildman–Crippen MR) is 152 cm³/mol. The summed E-state index contributed by atoms with van der Waals surface area (Å²) in [6.45, 7) is 6.45. The Morgan fingerprint density at radius 2 is 1.84 bits per heavy atom. The Hall–Kier alpha value is -2.84. The number of hydrogen-bond donors (Lipinski definition) is 0. The molecule has 0 unspecified atom stereocenters. The number of carbonyl (C=O) groups is 3. The Labute approximate surface area is 229 Å². The average molecular weight is 581 g/mol. The lowest BCUT2D eigenvalue weighted by Gasteiger charge is -2.30. The van der Waals surface area contributed by atoms with Gasteiger partial charge in [0.1, 0.15) is 6.54 Å². The summed E-state index contributed by atoms with van der Waals surface area (Å²) in [5, 5.41) is 0.714. The Morgan fingerprint density at radius 3 is 2.54 bits per heavy atom. The van der Waals surface area contributed by atoms with Gasteiger partial charge in [0, 0.05) is 34.7 Å². The molecule has 8 heteroatoms. The Balaban J connectivity index is 1.44. The number of imide groups is 1. The lowest BCUT2D eigenvalue weighted by molar-refractivity contribution is -0.133. The second-order valence-electron chi connectivity index (χ2n) is 9.84. The van der Waals surface area contributed by atoms with Crippen molar-refractivity contribution in [2.45, 2.75) is 46.2 Å². The quantitative estimate of drug-likeness (QED) is 0.314. The van der Waals surface area contributed by atoms with Gasteiger partial charge in [0.15, 0.2) is 0 Å². The van der Waals surface area contributed by atoms with Crippen molar-refractivity contribution in [1.29, 1.82) is 0 Å². The van der Waals surface area contributed by atoms with Gasteiger partial charge < -0.3 is 9.47 Å². The standard InChI is InChI=1S/C29H30BrN3O3S/c1-3-21-5-4-6-24-22(17-32(27(21)24)18-26(34)31-13-11-19(2)12-14-31)15-25-28(35)33(29(36)37-25)16-20-7-9-23(30)10-8-20/h4-10,15,17,19H,3,11-14,16,18H2,1-2H3/b25-15-. The van der Waals surface area contributed by atoms with Gasteiger partial charge in [-0.3, -0.25) is 19.3 Å². The number of amides is 3. The van der Waals surface area contributed by atoms with Crippen LogP contribution in [-0.4, -0.2) is 44.5 Å². The van der Waals surface area contributed by atoms with Crippen LogP contribution in [-0.2, 0) is 29.1 Å². The molecule has 192 valence electrons. The molecule has 2 fully saturated rings. The molecule has 6 nitrogen and oxygen atoms in total. The minimum Gasteiger partial charge on any atom is -0.341 e. The summed E-state index contributed by atoms with van der Waals surface area (Å²) in [6.07, 6.45) is 6.68. The van der Waals surface area contributed by atoms with Crippen LogP contribution >= 0.6 is 27.7 Å². The lowest BCUT2D eigenvalue weighted by atomic mass is 9.99. The largest absolute Gasteiger partial charge is 0.341 e. The van der Waals surface area contributed by atoms with Gasteiger partial charge in [0.25, 0.3) is 11.1 Å². The number of nitrogens with zero attached hydrogens (tertiary/aromatic N) is 3. The number of aryl methyl sites for hydroxylation is 1. The van der Waals surface area contributed by atoms with Crippen molar-refractivity contribution in [3.63, 3.8) is 0 Å². The lowest BCUT2D eigenvalue weighted by Crippen LogP contribution is -2.39. The van der Waals surface area contributed by atoms with E-state index in [2.05, 4.69) is 35.8 Å². The topological polar surface area (TPSA) is 62.6 Å². The molecule has 3 heterocycles. The number of carbonyl (C=O) groups excluding carboxylic acids is 3. The zero-order chi connectivity index (χ0) is 26.1. The molecule has 2 aromatic carbocycles. The highest BCUT2D eigenvalue weighted by molar-refractivity contribution is 9.10. The van der Waals surface area contributed by atoms with Crippen molar-refractivity contribution in [2.75, 3.05) is 13.1 Å². The molecular weight excluding hydrogens is 550 g/mol. The van der Waals surface area contributed by atoms with Crippen molar-refractivity contribution < 1.29 is 14.4 Å². The number of thioether (sulfide) groups is 1. The van der Waals surface area contributed by atoms with E-state index in [0.717, 1.165) is 76.2 Å². The highest BCUT2D eigenvalue weighted by Crippen LogP contribution is 2.36. The minimum absolute atomic E-state index is 0.121. The summed E-state index contributed by atoms with van der Waals surface area (Å²) in [4.78, 5) is 42.8. The molecule has 2 aliphatic heterocycles. The molecule has 0 aliphatic carbocycles.